The number of hydrogen-bond acceptors (Lipinski definition) is 5. The molecule has 7 nitrogen and oxygen atoms in total. The van der Waals surface area contributed by atoms with Crippen molar-refractivity contribution in [2.45, 2.75) is 17.7 Å². The zero-order chi connectivity index (χ0) is 16.4. The molecular formula is C14H18N4O3S2. The van der Waals surface area contributed by atoms with E-state index in [1.807, 2.05) is 13.0 Å². The van der Waals surface area contributed by atoms with Crippen molar-refractivity contribution in [3.63, 3.8) is 0 Å². The van der Waals surface area contributed by atoms with E-state index >= 15 is 0 Å². The Kier molecular flexibility index (Phi) is 4.51. The first-order chi connectivity index (χ1) is 11.0. The van der Waals surface area contributed by atoms with Crippen LogP contribution >= 0.6 is 11.3 Å². The first-order valence-electron chi connectivity index (χ1n) is 7.28. The smallest absolute Gasteiger partial charge is 0.252 e. The summed E-state index contributed by atoms with van der Waals surface area (Å²) in [6, 6.07) is 5.18. The first kappa shape index (κ1) is 16.2. The summed E-state index contributed by atoms with van der Waals surface area (Å²) in [6.07, 6.45) is 1.66. The maximum Gasteiger partial charge on any atom is 0.252 e. The molecule has 0 bridgehead atoms. The zero-order valence-electron chi connectivity index (χ0n) is 12.8. The molecule has 23 heavy (non-hydrogen) atoms. The van der Waals surface area contributed by atoms with Crippen LogP contribution in [0.4, 0.5) is 0 Å². The summed E-state index contributed by atoms with van der Waals surface area (Å²) in [5.74, 6) is -0.0371. The molecule has 0 aromatic carbocycles. The van der Waals surface area contributed by atoms with Gasteiger partial charge in [-0.2, -0.15) is 9.40 Å². The Morgan fingerprint density at radius 1 is 1.26 bits per heavy atom. The average molecular weight is 354 g/mol. The van der Waals surface area contributed by atoms with E-state index in [4.69, 9.17) is 0 Å². The highest BCUT2D eigenvalue weighted by Gasteiger charge is 2.30. The lowest BCUT2D eigenvalue weighted by molar-refractivity contribution is -0.133. The van der Waals surface area contributed by atoms with Crippen molar-refractivity contribution in [3.05, 3.63) is 35.5 Å². The number of aromatic nitrogens is 2. The zero-order valence-corrected chi connectivity index (χ0v) is 14.4. The molecular weight excluding hydrogens is 336 g/mol. The minimum Gasteiger partial charge on any atom is -0.338 e. The van der Waals surface area contributed by atoms with Crippen molar-refractivity contribution in [2.75, 3.05) is 26.2 Å². The van der Waals surface area contributed by atoms with E-state index in [9.17, 15) is 13.2 Å². The monoisotopic (exact) mass is 354 g/mol. The Labute approximate surface area is 139 Å². The van der Waals surface area contributed by atoms with Crippen LogP contribution in [0.25, 0.3) is 0 Å². The van der Waals surface area contributed by atoms with Crippen LogP contribution in [0.2, 0.25) is 0 Å². The molecule has 3 heterocycles. The molecule has 9 heteroatoms. The van der Waals surface area contributed by atoms with Gasteiger partial charge in [0.05, 0.1) is 0 Å². The number of nitrogens with zero attached hydrogens (tertiary/aromatic N) is 4. The molecule has 124 valence electrons. The van der Waals surface area contributed by atoms with Gasteiger partial charge in [0.2, 0.25) is 5.91 Å². The number of rotatable bonds is 4. The Balaban J connectivity index is 1.60. The molecule has 2 aromatic rings. The molecule has 0 saturated carbocycles. The van der Waals surface area contributed by atoms with Crippen LogP contribution in [-0.4, -0.2) is 59.5 Å². The number of amides is 1. The average Bonchev–Trinajstić information content (AvgIpc) is 3.20. The van der Waals surface area contributed by atoms with Crippen molar-refractivity contribution in [1.29, 1.82) is 0 Å². The third-order valence-electron chi connectivity index (χ3n) is 3.89. The third-order valence-corrected chi connectivity index (χ3v) is 7.17. The van der Waals surface area contributed by atoms with E-state index in [2.05, 4.69) is 5.10 Å². The fourth-order valence-electron chi connectivity index (χ4n) is 2.51. The molecule has 0 N–H and O–H groups in total. The number of carbonyl (C=O) groups is 1. The lowest BCUT2D eigenvalue weighted by Gasteiger charge is -2.33. The first-order valence-corrected chi connectivity index (χ1v) is 9.60. The van der Waals surface area contributed by atoms with Crippen molar-refractivity contribution in [1.82, 2.24) is 19.0 Å². The van der Waals surface area contributed by atoms with Gasteiger partial charge in [0.15, 0.2) is 0 Å². The molecule has 1 fully saturated rings. The maximum atomic E-state index is 12.4. The summed E-state index contributed by atoms with van der Waals surface area (Å²) in [5, 5.41) is 5.85. The number of aryl methyl sites for hydroxylation is 1. The van der Waals surface area contributed by atoms with Gasteiger partial charge in [-0.1, -0.05) is 6.07 Å². The largest absolute Gasteiger partial charge is 0.338 e. The van der Waals surface area contributed by atoms with Gasteiger partial charge in [0.1, 0.15) is 10.8 Å². The predicted octanol–water partition coefficient (Wildman–Crippen LogP) is 0.786. The lowest BCUT2D eigenvalue weighted by Crippen LogP contribution is -2.51. The van der Waals surface area contributed by atoms with Crippen LogP contribution in [0.5, 0.6) is 0 Å². The predicted molar refractivity (Wildman–Crippen MR) is 86.6 cm³/mol. The second-order valence-electron chi connectivity index (χ2n) is 5.35. The minimum absolute atomic E-state index is 0.0371. The van der Waals surface area contributed by atoms with Gasteiger partial charge in [0, 0.05) is 38.1 Å². The molecule has 1 amide bonds. The van der Waals surface area contributed by atoms with Gasteiger partial charge in [-0.15, -0.1) is 11.3 Å². The Hall–Kier alpha value is -1.71. The molecule has 0 unspecified atom stereocenters. The van der Waals surface area contributed by atoms with Crippen LogP contribution < -0.4 is 0 Å². The highest BCUT2D eigenvalue weighted by Crippen LogP contribution is 2.22. The Morgan fingerprint density at radius 3 is 2.57 bits per heavy atom. The fraction of sp³-hybridized carbons (Fsp3) is 0.429. The van der Waals surface area contributed by atoms with Crippen LogP contribution in [0, 0.1) is 6.92 Å². The van der Waals surface area contributed by atoms with Crippen molar-refractivity contribution >= 4 is 27.3 Å². The standard InChI is InChI=1S/C14H18N4O3S2/c1-12-4-5-15-18(12)11-13(19)16-6-8-17(9-7-16)23(20,21)14-3-2-10-22-14/h2-5,10H,6-9,11H2,1H3. The normalized spacial score (nSPS) is 16.7. The number of piperazine rings is 1. The lowest BCUT2D eigenvalue weighted by atomic mass is 10.3. The highest BCUT2D eigenvalue weighted by atomic mass is 32.2. The second kappa shape index (κ2) is 6.42. The maximum absolute atomic E-state index is 12.4. The van der Waals surface area contributed by atoms with E-state index in [-0.39, 0.29) is 12.5 Å². The van der Waals surface area contributed by atoms with Gasteiger partial charge in [-0.05, 0) is 24.4 Å². The van der Waals surface area contributed by atoms with Gasteiger partial charge in [0.25, 0.3) is 10.0 Å². The van der Waals surface area contributed by atoms with Gasteiger partial charge in [-0.3, -0.25) is 9.48 Å². The van der Waals surface area contributed by atoms with Gasteiger partial charge in [-0.25, -0.2) is 8.42 Å². The SMILES string of the molecule is Cc1ccnn1CC(=O)N1CCN(S(=O)(=O)c2cccs2)CC1. The number of thiophene rings is 1. The van der Waals surface area contributed by atoms with Crippen molar-refractivity contribution < 1.29 is 13.2 Å². The third kappa shape index (κ3) is 3.31. The Bertz CT molecular complexity index is 775. The van der Waals surface area contributed by atoms with E-state index in [1.54, 1.807) is 33.3 Å². The molecule has 0 radical (unpaired) electrons. The topological polar surface area (TPSA) is 75.5 Å². The highest BCUT2D eigenvalue weighted by molar-refractivity contribution is 7.91. The van der Waals surface area contributed by atoms with E-state index < -0.39 is 10.0 Å². The molecule has 1 saturated heterocycles. The minimum atomic E-state index is -3.43. The van der Waals surface area contributed by atoms with Crippen LogP contribution in [0.15, 0.2) is 34.0 Å². The number of sulfonamides is 1. The van der Waals surface area contributed by atoms with E-state index in [0.29, 0.717) is 30.4 Å². The van der Waals surface area contributed by atoms with E-state index in [0.717, 1.165) is 5.69 Å². The molecule has 0 aliphatic carbocycles. The number of carbonyl (C=O) groups excluding carboxylic acids is 1. The van der Waals surface area contributed by atoms with Crippen molar-refractivity contribution in [2.24, 2.45) is 0 Å². The molecule has 2 aromatic heterocycles. The second-order valence-corrected chi connectivity index (χ2v) is 8.46. The van der Waals surface area contributed by atoms with Crippen LogP contribution in [0.3, 0.4) is 0 Å². The molecule has 1 aliphatic rings. The summed E-state index contributed by atoms with van der Waals surface area (Å²) >= 11 is 1.21. The summed E-state index contributed by atoms with van der Waals surface area (Å²) < 4.78 is 28.3. The fourth-order valence-corrected chi connectivity index (χ4v) is 5.07. The van der Waals surface area contributed by atoms with E-state index in [1.165, 1.54) is 15.6 Å². The number of hydrogen-bond donors (Lipinski definition) is 0. The van der Waals surface area contributed by atoms with Gasteiger partial charge >= 0.3 is 0 Å². The summed E-state index contributed by atoms with van der Waals surface area (Å²) in [7, 11) is -3.43. The summed E-state index contributed by atoms with van der Waals surface area (Å²) in [6.45, 7) is 3.55. The molecule has 3 rings (SSSR count). The van der Waals surface area contributed by atoms with Crippen LogP contribution in [-0.2, 0) is 21.4 Å². The quantitative estimate of drug-likeness (QED) is 0.813. The molecule has 0 atom stereocenters. The Morgan fingerprint density at radius 2 is 2.00 bits per heavy atom. The summed E-state index contributed by atoms with van der Waals surface area (Å²) in [5.41, 5.74) is 0.928. The molecule has 1 aliphatic heterocycles. The summed E-state index contributed by atoms with van der Waals surface area (Å²) in [4.78, 5) is 14.0. The van der Waals surface area contributed by atoms with Gasteiger partial charge < -0.3 is 4.90 Å². The molecule has 0 spiro atoms. The van der Waals surface area contributed by atoms with Crippen LogP contribution in [0.1, 0.15) is 5.69 Å². The van der Waals surface area contributed by atoms with Crippen molar-refractivity contribution in [3.8, 4) is 0 Å².